The van der Waals surface area contributed by atoms with Crippen molar-refractivity contribution in [3.8, 4) is 0 Å². The van der Waals surface area contributed by atoms with Crippen molar-refractivity contribution in [2.45, 2.75) is 62.3 Å². The number of nitrogens with two attached hydrogens (primary N) is 2. The van der Waals surface area contributed by atoms with Crippen LogP contribution in [0.5, 0.6) is 0 Å². The predicted molar refractivity (Wildman–Crippen MR) is 127 cm³/mol. The van der Waals surface area contributed by atoms with Gasteiger partial charge in [-0.15, -0.1) is 0 Å². The Morgan fingerprint density at radius 3 is 2.55 bits per heavy atom. The van der Waals surface area contributed by atoms with Gasteiger partial charge >= 0.3 is 0 Å². The van der Waals surface area contributed by atoms with E-state index >= 15 is 0 Å². The van der Waals surface area contributed by atoms with Crippen molar-refractivity contribution in [2.24, 2.45) is 5.73 Å². The molecule has 2 aromatic rings. The minimum atomic E-state index is -0.611. The summed E-state index contributed by atoms with van der Waals surface area (Å²) in [5, 5.41) is 6.73. The smallest absolute Gasteiger partial charge is 0.271 e. The van der Waals surface area contributed by atoms with Gasteiger partial charge in [0.1, 0.15) is 5.82 Å². The van der Waals surface area contributed by atoms with Crippen LogP contribution in [0.25, 0.3) is 0 Å². The average Bonchev–Trinajstić information content (AvgIpc) is 2.66. The zero-order chi connectivity index (χ0) is 21.2. The molecule has 1 aliphatic rings. The van der Waals surface area contributed by atoms with E-state index < -0.39 is 5.91 Å². The number of carbonyl (C=O) groups excluding carboxylic acids is 1. The second-order valence-electron chi connectivity index (χ2n) is 7.96. The molecule has 1 saturated carbocycles. The van der Waals surface area contributed by atoms with Crippen molar-refractivity contribution >= 4 is 51.5 Å². The average molecular weight is 508 g/mol. The third-order valence-corrected chi connectivity index (χ3v) is 6.53. The molecule has 29 heavy (non-hydrogen) atoms. The van der Waals surface area contributed by atoms with Crippen LogP contribution in [-0.4, -0.2) is 25.3 Å². The van der Waals surface area contributed by atoms with Gasteiger partial charge in [-0.05, 0) is 56.7 Å². The number of primary amides is 1. The molecule has 0 saturated heterocycles. The lowest BCUT2D eigenvalue weighted by Gasteiger charge is -2.33. The number of halogens is 1. The highest BCUT2D eigenvalue weighted by Gasteiger charge is 2.29. The molecule has 7 nitrogen and oxygen atoms in total. The number of rotatable bonds is 6. The number of aryl methyl sites for hydroxylation is 2. The molecule has 3 rings (SSSR count). The summed E-state index contributed by atoms with van der Waals surface area (Å²) in [6.45, 7) is 6.24. The fourth-order valence-electron chi connectivity index (χ4n) is 3.50. The Labute approximate surface area is 185 Å². The van der Waals surface area contributed by atoms with Gasteiger partial charge in [-0.2, -0.15) is 0 Å². The third kappa shape index (κ3) is 5.29. The summed E-state index contributed by atoms with van der Waals surface area (Å²) in [5.41, 5.74) is 14.9. The lowest BCUT2D eigenvalue weighted by Crippen LogP contribution is -2.32. The SMILES string of the molecule is CCc1nc(C(N)=O)c(Nc2ccc(C)c(N)c2)nc1NC1CCC(C)(I)CC1. The molecule has 156 valence electrons. The first-order valence-corrected chi connectivity index (χ1v) is 11.1. The molecule has 1 heterocycles. The highest BCUT2D eigenvalue weighted by molar-refractivity contribution is 14.1. The molecule has 0 aliphatic heterocycles. The van der Waals surface area contributed by atoms with Crippen LogP contribution < -0.4 is 22.1 Å². The Kier molecular flexibility index (Phi) is 6.50. The van der Waals surface area contributed by atoms with E-state index in [0.717, 1.165) is 42.6 Å². The minimum absolute atomic E-state index is 0.134. The standard InChI is InChI=1S/C21H29IN6O/c1-4-16-19(25-13-7-9-21(3,22)10-8-13)28-20(17(27-16)18(24)29)26-14-6-5-12(2)15(23)11-14/h5-6,11,13H,4,7-10,23H2,1-3H3,(H2,24,29)(H2,25,26,28). The Balaban J connectivity index is 1.91. The van der Waals surface area contributed by atoms with Crippen LogP contribution in [0.15, 0.2) is 18.2 Å². The highest BCUT2D eigenvalue weighted by atomic mass is 127. The van der Waals surface area contributed by atoms with Gasteiger partial charge in [0.2, 0.25) is 0 Å². The first kappa shape index (κ1) is 21.6. The van der Waals surface area contributed by atoms with Crippen LogP contribution in [0.4, 0.5) is 23.0 Å². The fourth-order valence-corrected chi connectivity index (χ4v) is 4.13. The number of nitrogens with zero attached hydrogens (tertiary/aromatic N) is 2. The molecule has 0 spiro atoms. The van der Waals surface area contributed by atoms with E-state index in [1.54, 1.807) is 0 Å². The Morgan fingerprint density at radius 1 is 1.28 bits per heavy atom. The zero-order valence-electron chi connectivity index (χ0n) is 17.2. The van der Waals surface area contributed by atoms with Crippen LogP contribution in [0.2, 0.25) is 0 Å². The first-order valence-electron chi connectivity index (χ1n) is 9.98. The molecular formula is C21H29IN6O. The van der Waals surface area contributed by atoms with Gasteiger partial charge in [0.05, 0.1) is 5.69 Å². The lowest BCUT2D eigenvalue weighted by atomic mass is 9.87. The highest BCUT2D eigenvalue weighted by Crippen LogP contribution is 2.37. The Morgan fingerprint density at radius 2 is 1.97 bits per heavy atom. The number of aromatic nitrogens is 2. The minimum Gasteiger partial charge on any atom is -0.398 e. The van der Waals surface area contributed by atoms with E-state index in [9.17, 15) is 4.79 Å². The zero-order valence-corrected chi connectivity index (χ0v) is 19.3. The van der Waals surface area contributed by atoms with E-state index in [0.29, 0.717) is 33.2 Å². The van der Waals surface area contributed by atoms with Gasteiger partial charge in [0.25, 0.3) is 5.91 Å². The van der Waals surface area contributed by atoms with E-state index in [-0.39, 0.29) is 5.69 Å². The Bertz CT molecular complexity index is 904. The molecule has 8 heteroatoms. The van der Waals surface area contributed by atoms with Gasteiger partial charge < -0.3 is 22.1 Å². The predicted octanol–water partition coefficient (Wildman–Crippen LogP) is 4.32. The normalized spacial score (nSPS) is 21.6. The van der Waals surface area contributed by atoms with Crippen molar-refractivity contribution in [3.63, 3.8) is 0 Å². The summed E-state index contributed by atoms with van der Waals surface area (Å²) < 4.78 is 0.364. The molecular weight excluding hydrogens is 479 g/mol. The summed E-state index contributed by atoms with van der Waals surface area (Å²) in [5.74, 6) is 0.441. The maximum absolute atomic E-state index is 12.0. The van der Waals surface area contributed by atoms with Crippen molar-refractivity contribution in [3.05, 3.63) is 35.2 Å². The van der Waals surface area contributed by atoms with Gasteiger partial charge in [0.15, 0.2) is 11.5 Å². The number of anilines is 4. The van der Waals surface area contributed by atoms with Gasteiger partial charge in [-0.3, -0.25) is 4.79 Å². The molecule has 1 aromatic heterocycles. The number of nitrogen functional groups attached to an aromatic ring is 1. The summed E-state index contributed by atoms with van der Waals surface area (Å²) in [6.07, 6.45) is 5.14. The number of alkyl halides is 1. The second-order valence-corrected chi connectivity index (χ2v) is 10.6. The molecule has 1 fully saturated rings. The molecule has 0 radical (unpaired) electrons. The van der Waals surface area contributed by atoms with Gasteiger partial charge in [-0.1, -0.05) is 42.5 Å². The van der Waals surface area contributed by atoms with Crippen molar-refractivity contribution in [1.29, 1.82) is 0 Å². The molecule has 1 amide bonds. The number of hydrogen-bond donors (Lipinski definition) is 4. The maximum atomic E-state index is 12.0. The molecule has 0 unspecified atom stereocenters. The van der Waals surface area contributed by atoms with Gasteiger partial charge in [0, 0.05) is 20.8 Å². The molecule has 0 atom stereocenters. The van der Waals surface area contributed by atoms with Gasteiger partial charge in [-0.25, -0.2) is 9.97 Å². The molecule has 0 bridgehead atoms. The maximum Gasteiger partial charge on any atom is 0.271 e. The molecule has 1 aliphatic carbocycles. The summed E-state index contributed by atoms with van der Waals surface area (Å²) >= 11 is 2.55. The number of carbonyl (C=O) groups is 1. The van der Waals surface area contributed by atoms with Crippen LogP contribution in [-0.2, 0) is 6.42 Å². The third-order valence-electron chi connectivity index (χ3n) is 5.45. The largest absolute Gasteiger partial charge is 0.398 e. The van der Waals surface area contributed by atoms with E-state index in [1.165, 1.54) is 0 Å². The summed E-state index contributed by atoms with van der Waals surface area (Å²) in [7, 11) is 0. The quantitative estimate of drug-likeness (QED) is 0.262. The number of amides is 1. The molecule has 1 aromatic carbocycles. The van der Waals surface area contributed by atoms with E-state index in [4.69, 9.17) is 16.5 Å². The first-order chi connectivity index (χ1) is 13.7. The van der Waals surface area contributed by atoms with E-state index in [1.807, 2.05) is 32.0 Å². The lowest BCUT2D eigenvalue weighted by molar-refractivity contribution is 0.0996. The summed E-state index contributed by atoms with van der Waals surface area (Å²) in [4.78, 5) is 21.2. The van der Waals surface area contributed by atoms with Crippen LogP contribution in [0.3, 0.4) is 0 Å². The van der Waals surface area contributed by atoms with Crippen LogP contribution >= 0.6 is 22.6 Å². The van der Waals surface area contributed by atoms with E-state index in [2.05, 4.69) is 45.1 Å². The Hall–Kier alpha value is -2.10. The van der Waals surface area contributed by atoms with Crippen molar-refractivity contribution in [1.82, 2.24) is 9.97 Å². The number of hydrogen-bond acceptors (Lipinski definition) is 6. The second kappa shape index (κ2) is 8.73. The topological polar surface area (TPSA) is 119 Å². The fraction of sp³-hybridized carbons (Fsp3) is 0.476. The van der Waals surface area contributed by atoms with Crippen molar-refractivity contribution in [2.75, 3.05) is 16.4 Å². The molecule has 6 N–H and O–H groups in total. The number of benzene rings is 1. The summed E-state index contributed by atoms with van der Waals surface area (Å²) in [6, 6.07) is 5.96. The number of nitrogens with one attached hydrogen (secondary N) is 2. The van der Waals surface area contributed by atoms with Crippen molar-refractivity contribution < 1.29 is 4.79 Å². The van der Waals surface area contributed by atoms with Crippen LogP contribution in [0, 0.1) is 6.92 Å². The monoisotopic (exact) mass is 508 g/mol. The van der Waals surface area contributed by atoms with Crippen LogP contribution in [0.1, 0.15) is 61.3 Å².